The van der Waals surface area contributed by atoms with Crippen molar-refractivity contribution in [1.82, 2.24) is 10.1 Å². The lowest BCUT2D eigenvalue weighted by Gasteiger charge is -2.37. The summed E-state index contributed by atoms with van der Waals surface area (Å²) >= 11 is 5.71. The summed E-state index contributed by atoms with van der Waals surface area (Å²) in [6.45, 7) is 2.81. The van der Waals surface area contributed by atoms with Gasteiger partial charge in [-0.3, -0.25) is 5.32 Å². The average molecular weight is 389 g/mol. The van der Waals surface area contributed by atoms with E-state index in [0.29, 0.717) is 11.6 Å². The van der Waals surface area contributed by atoms with Crippen LogP contribution in [-0.4, -0.2) is 42.3 Å². The van der Waals surface area contributed by atoms with Gasteiger partial charge in [0, 0.05) is 43.0 Å². The average Bonchev–Trinajstić information content (AvgIpc) is 2.99. The fourth-order valence-corrected chi connectivity index (χ4v) is 2.95. The van der Waals surface area contributed by atoms with Crippen LogP contribution in [0.1, 0.15) is 11.3 Å². The van der Waals surface area contributed by atoms with E-state index < -0.39 is 11.7 Å². The molecule has 1 aliphatic heterocycles. The van der Waals surface area contributed by atoms with E-state index in [1.165, 1.54) is 17.0 Å². The Morgan fingerprint density at radius 2 is 1.92 bits per heavy atom. The van der Waals surface area contributed by atoms with Crippen molar-refractivity contribution < 1.29 is 22.5 Å². The Morgan fingerprint density at radius 1 is 1.23 bits per heavy atom. The van der Waals surface area contributed by atoms with Crippen molar-refractivity contribution in [3.63, 3.8) is 0 Å². The zero-order chi connectivity index (χ0) is 18.9. The molecule has 1 saturated heterocycles. The molecule has 1 aromatic carbocycles. The Kier molecular flexibility index (Phi) is 4.99. The Hall–Kier alpha value is -2.42. The number of hydrogen-bond acceptors (Lipinski definition) is 4. The van der Waals surface area contributed by atoms with E-state index in [0.717, 1.165) is 6.07 Å². The highest BCUT2D eigenvalue weighted by molar-refractivity contribution is 6.30. The number of anilines is 2. The molecule has 2 heterocycles. The SMILES string of the molecule is Cc1cc(NC(=O)N2CCN(c3ccc(Cl)cc3C(F)(F)F)CC2)no1. The van der Waals surface area contributed by atoms with Crippen LogP contribution in [0.2, 0.25) is 5.02 Å². The predicted octanol–water partition coefficient (Wildman–Crippen LogP) is 4.01. The fraction of sp³-hybridized carbons (Fsp3) is 0.375. The highest BCUT2D eigenvalue weighted by Gasteiger charge is 2.36. The second-order valence-corrected chi connectivity index (χ2v) is 6.32. The number of aromatic nitrogens is 1. The third-order valence-electron chi connectivity index (χ3n) is 4.03. The van der Waals surface area contributed by atoms with Crippen LogP contribution < -0.4 is 10.2 Å². The van der Waals surface area contributed by atoms with Gasteiger partial charge in [-0.2, -0.15) is 13.2 Å². The van der Waals surface area contributed by atoms with Crippen LogP contribution in [0, 0.1) is 6.92 Å². The van der Waals surface area contributed by atoms with E-state index in [1.807, 2.05) is 0 Å². The smallest absolute Gasteiger partial charge is 0.367 e. The van der Waals surface area contributed by atoms with Crippen molar-refractivity contribution in [3.05, 3.63) is 40.6 Å². The predicted molar refractivity (Wildman–Crippen MR) is 90.5 cm³/mol. The first-order chi connectivity index (χ1) is 12.2. The summed E-state index contributed by atoms with van der Waals surface area (Å²) in [6, 6.07) is 4.92. The Balaban J connectivity index is 1.66. The molecule has 0 radical (unpaired) electrons. The van der Waals surface area contributed by atoms with E-state index in [1.54, 1.807) is 17.9 Å². The zero-order valence-corrected chi connectivity index (χ0v) is 14.6. The van der Waals surface area contributed by atoms with Gasteiger partial charge in [0.15, 0.2) is 5.82 Å². The van der Waals surface area contributed by atoms with Gasteiger partial charge < -0.3 is 14.3 Å². The van der Waals surface area contributed by atoms with E-state index >= 15 is 0 Å². The highest BCUT2D eigenvalue weighted by atomic mass is 35.5. The number of alkyl halides is 3. The Morgan fingerprint density at radius 3 is 2.50 bits per heavy atom. The lowest BCUT2D eigenvalue weighted by atomic mass is 10.1. The first-order valence-corrected chi connectivity index (χ1v) is 8.23. The highest BCUT2D eigenvalue weighted by Crippen LogP contribution is 2.38. The number of carbonyl (C=O) groups is 1. The molecule has 1 aromatic heterocycles. The lowest BCUT2D eigenvalue weighted by molar-refractivity contribution is -0.137. The fourth-order valence-electron chi connectivity index (χ4n) is 2.78. The summed E-state index contributed by atoms with van der Waals surface area (Å²) in [5.74, 6) is 0.861. The largest absolute Gasteiger partial charge is 0.418 e. The summed E-state index contributed by atoms with van der Waals surface area (Å²) in [5, 5.41) is 6.30. The van der Waals surface area contributed by atoms with Crippen molar-refractivity contribution in [3.8, 4) is 0 Å². The number of carbonyl (C=O) groups excluding carboxylic acids is 1. The van der Waals surface area contributed by atoms with Crippen molar-refractivity contribution in [1.29, 1.82) is 0 Å². The number of aryl methyl sites for hydroxylation is 1. The maximum absolute atomic E-state index is 13.3. The van der Waals surface area contributed by atoms with Crippen molar-refractivity contribution in [2.45, 2.75) is 13.1 Å². The molecule has 0 unspecified atom stereocenters. The van der Waals surface area contributed by atoms with Crippen LogP contribution in [0.3, 0.4) is 0 Å². The molecule has 1 fully saturated rings. The van der Waals surface area contributed by atoms with Crippen LogP contribution in [-0.2, 0) is 6.18 Å². The number of benzene rings is 1. The molecule has 6 nitrogen and oxygen atoms in total. The molecule has 2 aromatic rings. The molecule has 0 aliphatic carbocycles. The minimum atomic E-state index is -4.50. The number of nitrogens with one attached hydrogen (secondary N) is 1. The maximum atomic E-state index is 13.3. The van der Waals surface area contributed by atoms with Gasteiger partial charge in [-0.1, -0.05) is 16.8 Å². The van der Waals surface area contributed by atoms with Crippen LogP contribution in [0.25, 0.3) is 0 Å². The molecule has 140 valence electrons. The quantitative estimate of drug-likeness (QED) is 0.844. The molecule has 2 amide bonds. The molecule has 3 rings (SSSR count). The van der Waals surface area contributed by atoms with Crippen LogP contribution in [0.15, 0.2) is 28.8 Å². The second-order valence-electron chi connectivity index (χ2n) is 5.89. The van der Waals surface area contributed by atoms with Gasteiger partial charge in [0.1, 0.15) is 5.76 Å². The minimum Gasteiger partial charge on any atom is -0.367 e. The molecule has 0 saturated carbocycles. The van der Waals surface area contributed by atoms with Gasteiger partial charge in [0.25, 0.3) is 0 Å². The third-order valence-corrected chi connectivity index (χ3v) is 4.27. The number of amides is 2. The summed E-state index contributed by atoms with van der Waals surface area (Å²) in [7, 11) is 0. The minimum absolute atomic E-state index is 0.0296. The van der Waals surface area contributed by atoms with Gasteiger partial charge in [-0.05, 0) is 25.1 Å². The maximum Gasteiger partial charge on any atom is 0.418 e. The molecule has 0 bridgehead atoms. The summed E-state index contributed by atoms with van der Waals surface area (Å²) in [5.41, 5.74) is -0.713. The summed E-state index contributed by atoms with van der Waals surface area (Å²) in [4.78, 5) is 15.3. The molecule has 10 heteroatoms. The lowest BCUT2D eigenvalue weighted by Crippen LogP contribution is -2.50. The van der Waals surface area contributed by atoms with Gasteiger partial charge in [-0.25, -0.2) is 4.79 Å². The van der Waals surface area contributed by atoms with Crippen molar-refractivity contribution in [2.75, 3.05) is 36.4 Å². The summed E-state index contributed by atoms with van der Waals surface area (Å²) in [6.07, 6.45) is -4.50. The van der Waals surface area contributed by atoms with E-state index in [2.05, 4.69) is 10.5 Å². The first kappa shape index (κ1) is 18.4. The van der Waals surface area contributed by atoms with Gasteiger partial charge in [0.2, 0.25) is 0 Å². The Bertz CT molecular complexity index is 801. The molecule has 1 aliphatic rings. The van der Waals surface area contributed by atoms with E-state index in [4.69, 9.17) is 16.1 Å². The molecule has 26 heavy (non-hydrogen) atoms. The number of nitrogens with zero attached hydrogens (tertiary/aromatic N) is 3. The molecular formula is C16H16ClF3N4O2. The van der Waals surface area contributed by atoms with Crippen molar-refractivity contribution >= 4 is 29.1 Å². The monoisotopic (exact) mass is 388 g/mol. The van der Waals surface area contributed by atoms with E-state index in [-0.39, 0.29) is 42.9 Å². The molecule has 1 N–H and O–H groups in total. The topological polar surface area (TPSA) is 61.6 Å². The Labute approximate surface area is 152 Å². The second kappa shape index (κ2) is 7.06. The van der Waals surface area contributed by atoms with Gasteiger partial charge in [-0.15, -0.1) is 0 Å². The van der Waals surface area contributed by atoms with E-state index in [9.17, 15) is 18.0 Å². The standard InChI is InChI=1S/C16H16ClF3N4O2/c1-10-8-14(22-26-10)21-15(25)24-6-4-23(5-7-24)13-3-2-11(17)9-12(13)16(18,19)20/h2-3,8-9H,4-7H2,1H3,(H,21,22,25). The number of halogens is 4. The normalized spacial score (nSPS) is 15.3. The molecule has 0 spiro atoms. The number of rotatable bonds is 2. The third kappa shape index (κ3) is 4.04. The number of piperazine rings is 1. The number of hydrogen-bond donors (Lipinski definition) is 1. The first-order valence-electron chi connectivity index (χ1n) is 7.85. The van der Waals surface area contributed by atoms with Crippen LogP contribution in [0.5, 0.6) is 0 Å². The van der Waals surface area contributed by atoms with Crippen molar-refractivity contribution in [2.24, 2.45) is 0 Å². The van der Waals surface area contributed by atoms with Gasteiger partial charge >= 0.3 is 12.2 Å². The molecule has 0 atom stereocenters. The van der Waals surface area contributed by atoms with Crippen LogP contribution >= 0.6 is 11.6 Å². The zero-order valence-electron chi connectivity index (χ0n) is 13.8. The van der Waals surface area contributed by atoms with Gasteiger partial charge in [0.05, 0.1) is 5.56 Å². The van der Waals surface area contributed by atoms with Crippen LogP contribution in [0.4, 0.5) is 29.5 Å². The molecular weight excluding hydrogens is 373 g/mol. The summed E-state index contributed by atoms with van der Waals surface area (Å²) < 4.78 is 44.6. The number of urea groups is 1.